The zero-order chi connectivity index (χ0) is 16.0. The minimum Gasteiger partial charge on any atom is -0.457 e. The van der Waals surface area contributed by atoms with Gasteiger partial charge in [-0.3, -0.25) is 10.1 Å². The minimum atomic E-state index is -0.519. The number of carbonyl (C=O) groups excluding carboxylic acids is 2. The Balaban J connectivity index is 2.84. The summed E-state index contributed by atoms with van der Waals surface area (Å²) in [5, 5.41) is 2.58. The van der Waals surface area contributed by atoms with Gasteiger partial charge in [-0.1, -0.05) is 39.8 Å². The van der Waals surface area contributed by atoms with E-state index in [1.54, 1.807) is 12.1 Å². The van der Waals surface area contributed by atoms with Crippen LogP contribution in [0.25, 0.3) is 0 Å². The normalized spacial score (nSPS) is 12.1. The number of rotatable bonds is 5. The number of hydrogen-bond donors (Lipinski definition) is 1. The Morgan fingerprint density at radius 1 is 1.05 bits per heavy atom. The predicted octanol–water partition coefficient (Wildman–Crippen LogP) is 3.76. The maximum Gasteiger partial charge on any atom is 0.411 e. The Bertz CT molecular complexity index is 480. The average molecular weight is 293 g/mol. The molecule has 1 unspecified atom stereocenters. The monoisotopic (exact) mass is 293 g/mol. The molecule has 0 saturated carbocycles. The molecule has 1 atom stereocenters. The third kappa shape index (κ3) is 5.10. The van der Waals surface area contributed by atoms with Gasteiger partial charge in [-0.25, -0.2) is 4.79 Å². The van der Waals surface area contributed by atoms with Crippen molar-refractivity contribution in [2.24, 2.45) is 11.8 Å². The van der Waals surface area contributed by atoms with Crippen LogP contribution in [0.2, 0.25) is 0 Å². The number of hydrogen-bond acceptors (Lipinski definition) is 4. The Kier molecular flexibility index (Phi) is 6.21. The van der Waals surface area contributed by atoms with Crippen molar-refractivity contribution in [3.05, 3.63) is 29.8 Å². The summed E-state index contributed by atoms with van der Waals surface area (Å²) < 4.78 is 10.1. The molecular weight excluding hydrogens is 270 g/mol. The number of amides is 1. The quantitative estimate of drug-likeness (QED) is 0.839. The van der Waals surface area contributed by atoms with Crippen LogP contribution in [0.5, 0.6) is 0 Å². The molecule has 0 bridgehead atoms. The molecule has 0 aliphatic carbocycles. The standard InChI is InChI=1S/C16H23NO4/c1-10(2)14(21-15(18)11(3)4)12-6-8-13(9-7-12)17-16(19)20-5/h6-11,14H,1-5H3,(H,17,19). The molecule has 1 N–H and O–H groups in total. The van der Waals surface area contributed by atoms with Gasteiger partial charge in [0, 0.05) is 5.69 Å². The molecule has 0 fully saturated rings. The molecule has 0 radical (unpaired) electrons. The van der Waals surface area contributed by atoms with E-state index in [0.29, 0.717) is 5.69 Å². The highest BCUT2D eigenvalue weighted by Crippen LogP contribution is 2.28. The van der Waals surface area contributed by atoms with E-state index in [1.807, 2.05) is 39.8 Å². The molecule has 0 saturated heterocycles. The third-order valence-electron chi connectivity index (χ3n) is 2.99. The van der Waals surface area contributed by atoms with Crippen LogP contribution in [-0.4, -0.2) is 19.2 Å². The molecule has 1 aromatic carbocycles. The number of carbonyl (C=O) groups is 2. The lowest BCUT2D eigenvalue weighted by molar-refractivity contribution is -0.155. The average Bonchev–Trinajstić information content (AvgIpc) is 2.44. The minimum absolute atomic E-state index is 0.159. The van der Waals surface area contributed by atoms with Gasteiger partial charge < -0.3 is 9.47 Å². The first-order valence-corrected chi connectivity index (χ1v) is 7.00. The van der Waals surface area contributed by atoms with Crippen LogP contribution >= 0.6 is 0 Å². The van der Waals surface area contributed by atoms with Crippen LogP contribution in [0.15, 0.2) is 24.3 Å². The Morgan fingerprint density at radius 3 is 2.05 bits per heavy atom. The third-order valence-corrected chi connectivity index (χ3v) is 2.99. The number of benzene rings is 1. The van der Waals surface area contributed by atoms with Crippen molar-refractivity contribution in [2.75, 3.05) is 12.4 Å². The fourth-order valence-corrected chi connectivity index (χ4v) is 1.78. The van der Waals surface area contributed by atoms with Gasteiger partial charge in [-0.2, -0.15) is 0 Å². The summed E-state index contributed by atoms with van der Waals surface area (Å²) in [7, 11) is 1.31. The second kappa shape index (κ2) is 7.67. The smallest absolute Gasteiger partial charge is 0.411 e. The van der Waals surface area contributed by atoms with Crippen LogP contribution in [0.3, 0.4) is 0 Å². The molecule has 5 nitrogen and oxygen atoms in total. The highest BCUT2D eigenvalue weighted by atomic mass is 16.5. The summed E-state index contributed by atoms with van der Waals surface area (Å²) >= 11 is 0. The molecular formula is C16H23NO4. The van der Waals surface area contributed by atoms with E-state index in [2.05, 4.69) is 10.1 Å². The molecule has 1 amide bonds. The van der Waals surface area contributed by atoms with Crippen LogP contribution in [-0.2, 0) is 14.3 Å². The van der Waals surface area contributed by atoms with Crippen molar-refractivity contribution in [1.82, 2.24) is 0 Å². The Hall–Kier alpha value is -2.04. The van der Waals surface area contributed by atoms with Gasteiger partial charge in [0.15, 0.2) is 0 Å². The summed E-state index contributed by atoms with van der Waals surface area (Å²) in [5.74, 6) is -0.218. The number of nitrogens with one attached hydrogen (secondary N) is 1. The van der Waals surface area contributed by atoms with Crippen LogP contribution < -0.4 is 5.32 Å². The highest BCUT2D eigenvalue weighted by Gasteiger charge is 2.22. The lowest BCUT2D eigenvalue weighted by Crippen LogP contribution is -2.19. The molecule has 1 aromatic rings. The van der Waals surface area contributed by atoms with Crippen LogP contribution in [0.4, 0.5) is 10.5 Å². The zero-order valence-electron chi connectivity index (χ0n) is 13.2. The van der Waals surface area contributed by atoms with E-state index in [1.165, 1.54) is 7.11 Å². The Morgan fingerprint density at radius 2 is 1.62 bits per heavy atom. The lowest BCUT2D eigenvalue weighted by atomic mass is 9.98. The second-order valence-electron chi connectivity index (χ2n) is 5.49. The van der Waals surface area contributed by atoms with Crippen molar-refractivity contribution in [1.29, 1.82) is 0 Å². The first-order valence-electron chi connectivity index (χ1n) is 7.00. The predicted molar refractivity (Wildman–Crippen MR) is 81.0 cm³/mol. The number of ether oxygens (including phenoxy) is 2. The van der Waals surface area contributed by atoms with Crippen molar-refractivity contribution in [3.8, 4) is 0 Å². The van der Waals surface area contributed by atoms with Gasteiger partial charge >= 0.3 is 12.1 Å². The van der Waals surface area contributed by atoms with E-state index in [9.17, 15) is 9.59 Å². The molecule has 5 heteroatoms. The van der Waals surface area contributed by atoms with Crippen LogP contribution in [0, 0.1) is 11.8 Å². The number of esters is 1. The highest BCUT2D eigenvalue weighted by molar-refractivity contribution is 5.84. The summed E-state index contributed by atoms with van der Waals surface area (Å²) in [6, 6.07) is 7.18. The van der Waals surface area contributed by atoms with E-state index in [4.69, 9.17) is 4.74 Å². The van der Waals surface area contributed by atoms with Gasteiger partial charge in [0.1, 0.15) is 6.10 Å². The maximum absolute atomic E-state index is 11.8. The van der Waals surface area contributed by atoms with E-state index in [-0.39, 0.29) is 23.9 Å². The molecule has 1 rings (SSSR count). The molecule has 116 valence electrons. The number of anilines is 1. The molecule has 0 aliphatic heterocycles. The summed E-state index contributed by atoms with van der Waals surface area (Å²) in [4.78, 5) is 22.9. The fourth-order valence-electron chi connectivity index (χ4n) is 1.78. The molecule has 21 heavy (non-hydrogen) atoms. The number of methoxy groups -OCH3 is 1. The summed E-state index contributed by atoms with van der Waals surface area (Å²) in [6.07, 6.45) is -0.818. The van der Waals surface area contributed by atoms with Crippen LogP contribution in [0.1, 0.15) is 39.4 Å². The largest absolute Gasteiger partial charge is 0.457 e. The van der Waals surface area contributed by atoms with Crippen molar-refractivity contribution in [3.63, 3.8) is 0 Å². The molecule has 0 aromatic heterocycles. The molecule has 0 heterocycles. The van der Waals surface area contributed by atoms with Crippen molar-refractivity contribution < 1.29 is 19.1 Å². The topological polar surface area (TPSA) is 64.6 Å². The lowest BCUT2D eigenvalue weighted by Gasteiger charge is -2.23. The van der Waals surface area contributed by atoms with Crippen molar-refractivity contribution in [2.45, 2.75) is 33.8 Å². The summed E-state index contributed by atoms with van der Waals surface area (Å²) in [5.41, 5.74) is 1.53. The molecule has 0 aliphatic rings. The Labute approximate surface area is 125 Å². The maximum atomic E-state index is 11.8. The van der Waals surface area contributed by atoms with E-state index < -0.39 is 6.09 Å². The summed E-state index contributed by atoms with van der Waals surface area (Å²) in [6.45, 7) is 7.62. The van der Waals surface area contributed by atoms with Gasteiger partial charge in [0.2, 0.25) is 0 Å². The van der Waals surface area contributed by atoms with E-state index in [0.717, 1.165) is 5.56 Å². The van der Waals surface area contributed by atoms with Gasteiger partial charge in [0.25, 0.3) is 0 Å². The van der Waals surface area contributed by atoms with Gasteiger partial charge in [0.05, 0.1) is 13.0 Å². The zero-order valence-corrected chi connectivity index (χ0v) is 13.2. The second-order valence-corrected chi connectivity index (χ2v) is 5.49. The molecule has 0 spiro atoms. The van der Waals surface area contributed by atoms with Gasteiger partial charge in [-0.05, 0) is 23.6 Å². The van der Waals surface area contributed by atoms with E-state index >= 15 is 0 Å². The SMILES string of the molecule is COC(=O)Nc1ccc(C(OC(=O)C(C)C)C(C)C)cc1. The first kappa shape index (κ1) is 17.0. The van der Waals surface area contributed by atoms with Gasteiger partial charge in [-0.15, -0.1) is 0 Å². The fraction of sp³-hybridized carbons (Fsp3) is 0.500. The first-order chi connectivity index (χ1) is 9.85. The van der Waals surface area contributed by atoms with Crippen molar-refractivity contribution >= 4 is 17.7 Å².